The van der Waals surface area contributed by atoms with Crippen LogP contribution in [0.5, 0.6) is 0 Å². The van der Waals surface area contributed by atoms with E-state index in [1.807, 2.05) is 43.3 Å². The fourth-order valence-electron chi connectivity index (χ4n) is 5.24. The summed E-state index contributed by atoms with van der Waals surface area (Å²) in [5.74, 6) is -0.0186. The first-order chi connectivity index (χ1) is 20.1. The van der Waals surface area contributed by atoms with Crippen molar-refractivity contribution in [2.45, 2.75) is 29.3 Å². The molecule has 0 aliphatic heterocycles. The van der Waals surface area contributed by atoms with E-state index in [1.54, 1.807) is 30.7 Å². The van der Waals surface area contributed by atoms with Crippen molar-refractivity contribution >= 4 is 24.1 Å². The molecule has 41 heavy (non-hydrogen) atoms. The van der Waals surface area contributed by atoms with Crippen LogP contribution in [0.3, 0.4) is 0 Å². The lowest BCUT2D eigenvalue weighted by Gasteiger charge is -2.17. The Morgan fingerprint density at radius 3 is 2.39 bits per heavy atom. The average molecular weight is 559 g/mol. The summed E-state index contributed by atoms with van der Waals surface area (Å²) in [6, 6.07) is 25.9. The van der Waals surface area contributed by atoms with Gasteiger partial charge in [-0.05, 0) is 70.1 Å². The monoisotopic (exact) mass is 558 g/mol. The number of aromatic nitrogens is 3. The van der Waals surface area contributed by atoms with Gasteiger partial charge in [0, 0.05) is 34.7 Å². The molecule has 0 atom stereocenters. The van der Waals surface area contributed by atoms with Crippen LogP contribution < -0.4 is 5.32 Å². The minimum Gasteiger partial charge on any atom is -0.449 e. The summed E-state index contributed by atoms with van der Waals surface area (Å²) < 4.78 is 5.77. The highest BCUT2D eigenvalue weighted by atomic mass is 32.2. The third kappa shape index (κ3) is 5.47. The zero-order valence-electron chi connectivity index (χ0n) is 22.3. The molecule has 1 aliphatic carbocycles. The van der Waals surface area contributed by atoms with Gasteiger partial charge in [0.1, 0.15) is 11.6 Å². The fourth-order valence-corrected chi connectivity index (χ4v) is 6.27. The Balaban J connectivity index is 1.23. The third-order valence-corrected chi connectivity index (χ3v) is 8.49. The molecule has 0 unspecified atom stereocenters. The molecule has 5 aromatic rings. The number of nitrogens with zero attached hydrogens (tertiary/aromatic N) is 3. The van der Waals surface area contributed by atoms with Crippen LogP contribution in [0.1, 0.15) is 38.5 Å². The van der Waals surface area contributed by atoms with E-state index in [4.69, 9.17) is 4.74 Å². The van der Waals surface area contributed by atoms with E-state index in [9.17, 15) is 9.59 Å². The summed E-state index contributed by atoms with van der Waals surface area (Å²) in [7, 11) is 0. The highest BCUT2D eigenvalue weighted by Crippen LogP contribution is 2.44. The second-order valence-corrected chi connectivity index (χ2v) is 10.7. The van der Waals surface area contributed by atoms with Crippen LogP contribution in [0.4, 0.5) is 4.79 Å². The molecule has 1 N–H and O–H groups in total. The molecule has 3 aromatic carbocycles. The number of pyridine rings is 1. The van der Waals surface area contributed by atoms with Gasteiger partial charge in [-0.2, -0.15) is 10.2 Å². The van der Waals surface area contributed by atoms with E-state index in [2.05, 4.69) is 50.8 Å². The molecule has 202 valence electrons. The average Bonchev–Trinajstić information content (AvgIpc) is 3.34. The standard InChI is InChI=1S/C33H26N4O3S/c1-21-15-24(22-12-14-36-37-18-22)16-25(31(21)41-32-23(19-38)7-6-13-34-32)17-35-33(39)40-20-30-28-10-4-2-8-26(28)27-9-3-5-11-29(27)30/h2-16,18-19,30H,17,20H2,1H3,(H,35,39). The van der Waals surface area contributed by atoms with Gasteiger partial charge >= 0.3 is 6.09 Å². The van der Waals surface area contributed by atoms with Crippen molar-refractivity contribution in [2.24, 2.45) is 0 Å². The van der Waals surface area contributed by atoms with Crippen molar-refractivity contribution in [3.63, 3.8) is 0 Å². The van der Waals surface area contributed by atoms with Crippen molar-refractivity contribution < 1.29 is 14.3 Å². The number of carbonyl (C=O) groups is 2. The highest BCUT2D eigenvalue weighted by molar-refractivity contribution is 7.99. The Morgan fingerprint density at radius 2 is 1.68 bits per heavy atom. The van der Waals surface area contributed by atoms with Crippen molar-refractivity contribution in [2.75, 3.05) is 6.61 Å². The van der Waals surface area contributed by atoms with Crippen molar-refractivity contribution in [1.82, 2.24) is 20.5 Å². The predicted molar refractivity (Wildman–Crippen MR) is 158 cm³/mol. The number of hydrogen-bond donors (Lipinski definition) is 1. The molecule has 0 saturated heterocycles. The molecule has 6 rings (SSSR count). The fraction of sp³-hybridized carbons (Fsp3) is 0.121. The minimum absolute atomic E-state index is 0.0186. The third-order valence-electron chi connectivity index (χ3n) is 7.16. The van der Waals surface area contributed by atoms with Crippen LogP contribution in [0.15, 0.2) is 107 Å². The van der Waals surface area contributed by atoms with Crippen LogP contribution in [0.2, 0.25) is 0 Å². The number of amides is 1. The highest BCUT2D eigenvalue weighted by Gasteiger charge is 2.29. The number of aryl methyl sites for hydroxylation is 1. The van der Waals surface area contributed by atoms with Crippen LogP contribution in [0.25, 0.3) is 22.3 Å². The SMILES string of the molecule is Cc1cc(-c2ccnnc2)cc(CNC(=O)OCC2c3ccccc3-c3ccccc32)c1Sc1ncccc1C=O. The van der Waals surface area contributed by atoms with Crippen LogP contribution in [-0.4, -0.2) is 34.2 Å². The molecule has 7 nitrogen and oxygen atoms in total. The summed E-state index contributed by atoms with van der Waals surface area (Å²) in [6.07, 6.45) is 5.31. The predicted octanol–water partition coefficient (Wildman–Crippen LogP) is 6.85. The number of nitrogens with one attached hydrogen (secondary N) is 1. The molecular formula is C33H26N4O3S. The lowest BCUT2D eigenvalue weighted by Crippen LogP contribution is -2.26. The number of hydrogen-bond acceptors (Lipinski definition) is 7. The van der Waals surface area contributed by atoms with Gasteiger partial charge in [0.25, 0.3) is 0 Å². The number of carbonyl (C=O) groups excluding carboxylic acids is 2. The number of fused-ring (bicyclic) bond motifs is 3. The molecule has 1 amide bonds. The van der Waals surface area contributed by atoms with E-state index < -0.39 is 6.09 Å². The molecule has 0 spiro atoms. The summed E-state index contributed by atoms with van der Waals surface area (Å²) in [5.41, 5.74) is 8.91. The van der Waals surface area contributed by atoms with Crippen molar-refractivity contribution in [3.05, 3.63) is 125 Å². The smallest absolute Gasteiger partial charge is 0.407 e. The molecular weight excluding hydrogens is 532 g/mol. The summed E-state index contributed by atoms with van der Waals surface area (Å²) >= 11 is 1.40. The Labute approximate surface area is 242 Å². The lowest BCUT2D eigenvalue weighted by atomic mass is 9.98. The maximum absolute atomic E-state index is 13.0. The molecule has 0 radical (unpaired) electrons. The maximum atomic E-state index is 13.0. The second-order valence-electron chi connectivity index (χ2n) is 9.71. The first-order valence-corrected chi connectivity index (χ1v) is 14.0. The first-order valence-electron chi connectivity index (χ1n) is 13.2. The van der Waals surface area contributed by atoms with E-state index in [0.717, 1.165) is 44.6 Å². The van der Waals surface area contributed by atoms with Gasteiger partial charge in [-0.15, -0.1) is 0 Å². The van der Waals surface area contributed by atoms with E-state index in [0.29, 0.717) is 10.6 Å². The Bertz CT molecular complexity index is 1700. The zero-order valence-corrected chi connectivity index (χ0v) is 23.1. The first kappa shape index (κ1) is 26.4. The topological polar surface area (TPSA) is 94.1 Å². The van der Waals surface area contributed by atoms with Gasteiger partial charge in [-0.1, -0.05) is 66.4 Å². The summed E-state index contributed by atoms with van der Waals surface area (Å²) in [6.45, 7) is 2.47. The number of benzene rings is 3. The van der Waals surface area contributed by atoms with Gasteiger partial charge in [0.05, 0.1) is 12.4 Å². The van der Waals surface area contributed by atoms with Gasteiger partial charge < -0.3 is 10.1 Å². The van der Waals surface area contributed by atoms with Gasteiger partial charge in [-0.25, -0.2) is 9.78 Å². The second kappa shape index (κ2) is 11.7. The number of ether oxygens (including phenoxy) is 1. The van der Waals surface area contributed by atoms with Crippen molar-refractivity contribution in [1.29, 1.82) is 0 Å². The Hall–Kier alpha value is -4.82. The Morgan fingerprint density at radius 1 is 0.927 bits per heavy atom. The quantitative estimate of drug-likeness (QED) is 0.208. The number of alkyl carbamates (subject to hydrolysis) is 1. The van der Waals surface area contributed by atoms with Gasteiger partial charge in [-0.3, -0.25) is 4.79 Å². The molecule has 0 bridgehead atoms. The molecule has 0 fully saturated rings. The molecule has 0 saturated carbocycles. The Kier molecular flexibility index (Phi) is 7.56. The summed E-state index contributed by atoms with van der Waals surface area (Å²) in [4.78, 5) is 30.0. The van der Waals surface area contributed by atoms with Crippen LogP contribution in [-0.2, 0) is 11.3 Å². The maximum Gasteiger partial charge on any atom is 0.407 e. The normalized spacial score (nSPS) is 11.9. The molecule has 2 aromatic heterocycles. The summed E-state index contributed by atoms with van der Waals surface area (Å²) in [5, 5.41) is 11.4. The van der Waals surface area contributed by atoms with Crippen LogP contribution in [0, 0.1) is 6.92 Å². The number of aldehydes is 1. The molecule has 2 heterocycles. The lowest BCUT2D eigenvalue weighted by molar-refractivity contribution is 0.112. The van der Waals surface area contributed by atoms with Crippen molar-refractivity contribution in [3.8, 4) is 22.3 Å². The van der Waals surface area contributed by atoms with E-state index >= 15 is 0 Å². The van der Waals surface area contributed by atoms with Gasteiger partial charge in [0.2, 0.25) is 0 Å². The number of rotatable bonds is 8. The minimum atomic E-state index is -0.497. The van der Waals surface area contributed by atoms with Gasteiger partial charge in [0.15, 0.2) is 6.29 Å². The largest absolute Gasteiger partial charge is 0.449 e. The van der Waals surface area contributed by atoms with E-state index in [1.165, 1.54) is 22.9 Å². The van der Waals surface area contributed by atoms with Crippen LogP contribution >= 0.6 is 11.8 Å². The zero-order chi connectivity index (χ0) is 28.2. The molecule has 1 aliphatic rings. The van der Waals surface area contributed by atoms with E-state index in [-0.39, 0.29) is 19.1 Å². The molecule has 8 heteroatoms.